The van der Waals surface area contributed by atoms with E-state index in [9.17, 15) is 17.2 Å². The third-order valence-corrected chi connectivity index (χ3v) is 6.45. The number of ether oxygens (including phenoxy) is 1. The Balaban J connectivity index is 1.80. The van der Waals surface area contributed by atoms with Crippen LogP contribution in [0.5, 0.6) is 5.75 Å². The summed E-state index contributed by atoms with van der Waals surface area (Å²) < 4.78 is 65.2. The van der Waals surface area contributed by atoms with Crippen molar-refractivity contribution in [1.29, 1.82) is 0 Å². The third kappa shape index (κ3) is 6.25. The van der Waals surface area contributed by atoms with E-state index in [1.54, 1.807) is 18.2 Å². The van der Waals surface area contributed by atoms with Gasteiger partial charge in [-0.25, -0.2) is 22.2 Å². The number of likely N-dealkylation sites (N-methyl/N-ethyl adjacent to an activating group) is 1. The lowest BCUT2D eigenvalue weighted by Crippen LogP contribution is -2.22. The molecule has 0 bridgehead atoms. The van der Waals surface area contributed by atoms with Crippen molar-refractivity contribution in [2.75, 3.05) is 29.7 Å². The Bertz CT molecular complexity index is 1160. The Morgan fingerprint density at radius 1 is 1.19 bits per heavy atom. The summed E-state index contributed by atoms with van der Waals surface area (Å²) in [5, 5.41) is 6.79. The molecule has 3 aromatic rings. The second kappa shape index (κ2) is 10.9. The zero-order valence-corrected chi connectivity index (χ0v) is 19.3. The van der Waals surface area contributed by atoms with E-state index < -0.39 is 32.3 Å². The molecule has 8 nitrogen and oxygen atoms in total. The maximum Gasteiger partial charge on any atom is 0.266 e. The molecule has 3 rings (SSSR count). The van der Waals surface area contributed by atoms with Crippen molar-refractivity contribution in [3.63, 3.8) is 0 Å². The number of anilines is 2. The highest BCUT2D eigenvalue weighted by atomic mass is 35.5. The van der Waals surface area contributed by atoms with Crippen LogP contribution in [0.15, 0.2) is 41.6 Å². The Kier molecular flexibility index (Phi) is 8.18. The molecule has 0 atom stereocenters. The number of halogens is 3. The van der Waals surface area contributed by atoms with Gasteiger partial charge in [-0.05, 0) is 24.7 Å². The molecule has 0 saturated carbocycles. The minimum atomic E-state index is -4.45. The number of hydrogen-bond donors (Lipinski definition) is 3. The Hall–Kier alpha value is -2.54. The fraction of sp³-hybridized carbons (Fsp3) is 0.263. The molecule has 2 aromatic carbocycles. The van der Waals surface area contributed by atoms with Crippen LogP contribution in [0.1, 0.15) is 12.5 Å². The molecule has 172 valence electrons. The minimum absolute atomic E-state index is 0.0782. The van der Waals surface area contributed by atoms with Crippen molar-refractivity contribution >= 4 is 44.0 Å². The average molecular weight is 504 g/mol. The number of hydrogen-bond acceptors (Lipinski definition) is 8. The van der Waals surface area contributed by atoms with Gasteiger partial charge in [0.2, 0.25) is 5.13 Å². The van der Waals surface area contributed by atoms with Gasteiger partial charge in [0.05, 0.1) is 0 Å². The molecule has 0 aliphatic heterocycles. The number of nitrogens with one attached hydrogen (secondary N) is 3. The van der Waals surface area contributed by atoms with Gasteiger partial charge in [-0.3, -0.25) is 4.72 Å². The molecule has 0 spiro atoms. The van der Waals surface area contributed by atoms with E-state index in [0.717, 1.165) is 30.5 Å². The zero-order valence-electron chi connectivity index (χ0n) is 16.9. The van der Waals surface area contributed by atoms with Gasteiger partial charge in [0, 0.05) is 47.0 Å². The summed E-state index contributed by atoms with van der Waals surface area (Å²) in [5.74, 6) is -2.74. The van der Waals surface area contributed by atoms with Gasteiger partial charge >= 0.3 is 0 Å². The van der Waals surface area contributed by atoms with Crippen molar-refractivity contribution in [3.05, 3.63) is 58.9 Å². The molecule has 0 fully saturated rings. The molecule has 1 aromatic heterocycles. The van der Waals surface area contributed by atoms with Crippen molar-refractivity contribution < 1.29 is 21.9 Å². The average Bonchev–Trinajstić information content (AvgIpc) is 3.24. The summed E-state index contributed by atoms with van der Waals surface area (Å²) in [6.07, 6.45) is 1.13. The lowest BCUT2D eigenvalue weighted by molar-refractivity contribution is 0.286. The number of rotatable bonds is 11. The Labute approximate surface area is 193 Å². The molecule has 3 N–H and O–H groups in total. The van der Waals surface area contributed by atoms with Gasteiger partial charge in [-0.15, -0.1) is 0 Å². The van der Waals surface area contributed by atoms with Gasteiger partial charge in [-0.2, -0.15) is 4.37 Å². The molecule has 0 aliphatic carbocycles. The van der Waals surface area contributed by atoms with Crippen LogP contribution in [0, 0.1) is 11.6 Å². The van der Waals surface area contributed by atoms with Crippen molar-refractivity contribution in [3.8, 4) is 5.75 Å². The second-order valence-electron chi connectivity index (χ2n) is 6.44. The van der Waals surface area contributed by atoms with Gasteiger partial charge in [0.15, 0.2) is 11.6 Å². The highest BCUT2D eigenvalue weighted by Crippen LogP contribution is 2.29. The summed E-state index contributed by atoms with van der Waals surface area (Å²) >= 11 is 6.82. The maximum atomic E-state index is 14.9. The summed E-state index contributed by atoms with van der Waals surface area (Å²) in [7, 11) is -4.45. The zero-order chi connectivity index (χ0) is 23.1. The summed E-state index contributed by atoms with van der Waals surface area (Å²) in [6, 6.07) is 6.37. The Morgan fingerprint density at radius 3 is 2.72 bits per heavy atom. The molecule has 1 heterocycles. The van der Waals surface area contributed by atoms with Crippen LogP contribution in [-0.4, -0.2) is 37.4 Å². The first-order valence-electron chi connectivity index (χ1n) is 9.44. The predicted octanol–water partition coefficient (Wildman–Crippen LogP) is 3.87. The van der Waals surface area contributed by atoms with Gasteiger partial charge < -0.3 is 15.4 Å². The first kappa shape index (κ1) is 24.1. The topological polar surface area (TPSA) is 105 Å². The summed E-state index contributed by atoms with van der Waals surface area (Å²) in [5.41, 5.74) is 1.30. The SMILES string of the molecule is CCNCCNc1cc(Cl)ccc1COc1cc(F)cc(S(=O)(=O)Nc2ncns2)c1F. The molecule has 0 radical (unpaired) electrons. The second-order valence-corrected chi connectivity index (χ2v) is 9.31. The van der Waals surface area contributed by atoms with Crippen LogP contribution in [-0.2, 0) is 16.6 Å². The van der Waals surface area contributed by atoms with Crippen LogP contribution in [0.25, 0.3) is 0 Å². The largest absolute Gasteiger partial charge is 0.486 e. The fourth-order valence-corrected chi connectivity index (χ4v) is 4.62. The standard InChI is InChI=1S/C19H20ClF2N5O3S2/c1-2-23-5-6-24-15-7-13(20)4-3-12(15)10-30-16-8-14(21)9-17(18(16)22)32(28,29)27-19-25-11-26-31-19/h3-4,7-9,11,23-24H,2,5-6,10H2,1H3,(H,25,26,27). The van der Waals surface area contributed by atoms with E-state index in [-0.39, 0.29) is 11.7 Å². The van der Waals surface area contributed by atoms with Gasteiger partial charge in [0.1, 0.15) is 23.6 Å². The minimum Gasteiger partial charge on any atom is -0.486 e. The quantitative estimate of drug-likeness (QED) is 0.341. The monoisotopic (exact) mass is 503 g/mol. The van der Waals surface area contributed by atoms with Crippen molar-refractivity contribution in [1.82, 2.24) is 14.7 Å². The number of nitrogens with zero attached hydrogens (tertiary/aromatic N) is 2. The number of sulfonamides is 1. The molecule has 32 heavy (non-hydrogen) atoms. The van der Waals surface area contributed by atoms with E-state index >= 15 is 0 Å². The van der Waals surface area contributed by atoms with E-state index in [0.29, 0.717) is 35.4 Å². The maximum absolute atomic E-state index is 14.9. The van der Waals surface area contributed by atoms with E-state index in [4.69, 9.17) is 16.3 Å². The molecule has 0 saturated heterocycles. The number of benzene rings is 2. The molecule has 0 unspecified atom stereocenters. The van der Waals surface area contributed by atoms with Gasteiger partial charge in [-0.1, -0.05) is 24.6 Å². The van der Waals surface area contributed by atoms with Crippen LogP contribution < -0.4 is 20.1 Å². The fourth-order valence-electron chi connectivity index (χ4n) is 2.69. The first-order chi connectivity index (χ1) is 15.3. The molecule has 13 heteroatoms. The van der Waals surface area contributed by atoms with Crippen LogP contribution in [0.2, 0.25) is 5.02 Å². The summed E-state index contributed by atoms with van der Waals surface area (Å²) in [4.78, 5) is 2.78. The van der Waals surface area contributed by atoms with Crippen LogP contribution in [0.4, 0.5) is 19.6 Å². The van der Waals surface area contributed by atoms with Crippen LogP contribution in [0.3, 0.4) is 0 Å². The lowest BCUT2D eigenvalue weighted by atomic mass is 10.2. The van der Waals surface area contributed by atoms with Crippen molar-refractivity contribution in [2.45, 2.75) is 18.4 Å². The Morgan fingerprint density at radius 2 is 2.00 bits per heavy atom. The van der Waals surface area contributed by atoms with E-state index in [2.05, 4.69) is 24.7 Å². The van der Waals surface area contributed by atoms with Crippen LogP contribution >= 0.6 is 23.1 Å². The van der Waals surface area contributed by atoms with Gasteiger partial charge in [0.25, 0.3) is 10.0 Å². The third-order valence-electron chi connectivity index (χ3n) is 4.17. The lowest BCUT2D eigenvalue weighted by Gasteiger charge is -2.15. The predicted molar refractivity (Wildman–Crippen MR) is 120 cm³/mol. The highest BCUT2D eigenvalue weighted by Gasteiger charge is 2.25. The molecule has 0 aliphatic rings. The summed E-state index contributed by atoms with van der Waals surface area (Å²) in [6.45, 7) is 3.99. The highest BCUT2D eigenvalue weighted by molar-refractivity contribution is 7.93. The first-order valence-corrected chi connectivity index (χ1v) is 12.1. The normalized spacial score (nSPS) is 11.4. The smallest absolute Gasteiger partial charge is 0.266 e. The molecular weight excluding hydrogens is 484 g/mol. The van der Waals surface area contributed by atoms with Crippen molar-refractivity contribution in [2.24, 2.45) is 0 Å². The number of aromatic nitrogens is 2. The molecular formula is C19H20ClF2N5O3S2. The van der Waals surface area contributed by atoms with E-state index in [1.165, 1.54) is 0 Å². The van der Waals surface area contributed by atoms with E-state index in [1.807, 2.05) is 6.92 Å². The molecule has 0 amide bonds.